The van der Waals surface area contributed by atoms with Gasteiger partial charge in [-0.25, -0.2) is 17.8 Å². The molecule has 0 atom stereocenters. The Morgan fingerprint density at radius 1 is 1.09 bits per heavy atom. The summed E-state index contributed by atoms with van der Waals surface area (Å²) in [6.07, 6.45) is 1.20. The first-order valence-corrected chi connectivity index (χ1v) is 13.0. The van der Waals surface area contributed by atoms with E-state index in [4.69, 9.17) is 0 Å². The number of hydrogen-bond acceptors (Lipinski definition) is 6. The van der Waals surface area contributed by atoms with Gasteiger partial charge in [-0.2, -0.15) is 10.1 Å². The standard InChI is InChI=1S/C23H17BrFN3O3S2/c24-17-8-6-16(7-9-17)15-26-28(23-27-20-11-10-18(25)14-21(20)32-23)22(29)12-13-33(30,31)19-4-2-1-3-5-19/h1-11,14-15H,12-13H2/b26-15+. The number of carbonyl (C=O) groups excluding carboxylic acids is 1. The fourth-order valence-corrected chi connectivity index (χ4v) is 5.42. The fourth-order valence-electron chi connectivity index (χ4n) is 2.94. The van der Waals surface area contributed by atoms with E-state index in [9.17, 15) is 17.6 Å². The van der Waals surface area contributed by atoms with Crippen molar-refractivity contribution in [2.75, 3.05) is 10.8 Å². The van der Waals surface area contributed by atoms with Crippen LogP contribution in [-0.2, 0) is 14.6 Å². The lowest BCUT2D eigenvalue weighted by Gasteiger charge is -2.14. The second kappa shape index (κ2) is 9.90. The number of amides is 1. The number of hydrogen-bond donors (Lipinski definition) is 0. The molecule has 0 unspecified atom stereocenters. The number of rotatable bonds is 7. The van der Waals surface area contributed by atoms with E-state index < -0.39 is 21.6 Å². The topological polar surface area (TPSA) is 79.7 Å². The first-order valence-electron chi connectivity index (χ1n) is 9.78. The highest BCUT2D eigenvalue weighted by atomic mass is 79.9. The van der Waals surface area contributed by atoms with Crippen LogP contribution in [0.5, 0.6) is 0 Å². The number of aromatic nitrogens is 1. The van der Waals surface area contributed by atoms with E-state index in [-0.39, 0.29) is 22.2 Å². The average molecular weight is 546 g/mol. The minimum atomic E-state index is -3.64. The fraction of sp³-hybridized carbons (Fsp3) is 0.0870. The number of carbonyl (C=O) groups is 1. The molecular weight excluding hydrogens is 529 g/mol. The molecule has 0 aliphatic carbocycles. The number of sulfone groups is 1. The summed E-state index contributed by atoms with van der Waals surface area (Å²) < 4.78 is 40.3. The summed E-state index contributed by atoms with van der Waals surface area (Å²) in [5.74, 6) is -1.33. The molecule has 168 valence electrons. The largest absolute Gasteiger partial charge is 0.272 e. The number of nitrogens with zero attached hydrogens (tertiary/aromatic N) is 3. The molecule has 0 spiro atoms. The van der Waals surface area contributed by atoms with Crippen LogP contribution in [0.15, 0.2) is 87.3 Å². The van der Waals surface area contributed by atoms with E-state index in [1.807, 2.05) is 24.3 Å². The van der Waals surface area contributed by atoms with Gasteiger partial charge in [-0.05, 0) is 48.0 Å². The third-order valence-electron chi connectivity index (χ3n) is 4.64. The monoisotopic (exact) mass is 545 g/mol. The molecule has 4 rings (SSSR count). The summed E-state index contributed by atoms with van der Waals surface area (Å²) >= 11 is 4.46. The summed E-state index contributed by atoms with van der Waals surface area (Å²) in [4.78, 5) is 17.6. The van der Waals surface area contributed by atoms with Crippen LogP contribution >= 0.6 is 27.3 Å². The normalized spacial score (nSPS) is 11.8. The van der Waals surface area contributed by atoms with E-state index in [2.05, 4.69) is 26.0 Å². The van der Waals surface area contributed by atoms with Crippen LogP contribution in [0.4, 0.5) is 9.52 Å². The Kier molecular flexibility index (Phi) is 6.96. The minimum Gasteiger partial charge on any atom is -0.272 e. The van der Waals surface area contributed by atoms with Gasteiger partial charge in [-0.15, -0.1) is 0 Å². The highest BCUT2D eigenvalue weighted by Crippen LogP contribution is 2.30. The molecule has 1 aromatic heterocycles. The summed E-state index contributed by atoms with van der Waals surface area (Å²) in [5.41, 5.74) is 1.25. The Morgan fingerprint density at radius 2 is 1.82 bits per heavy atom. The van der Waals surface area contributed by atoms with E-state index in [0.29, 0.717) is 10.2 Å². The number of thiazole rings is 1. The lowest BCUT2D eigenvalue weighted by molar-refractivity contribution is -0.118. The summed E-state index contributed by atoms with van der Waals surface area (Å²) in [5, 5.41) is 5.59. The van der Waals surface area contributed by atoms with Gasteiger partial charge in [0, 0.05) is 10.9 Å². The van der Waals surface area contributed by atoms with E-state index in [0.717, 1.165) is 26.4 Å². The Morgan fingerprint density at radius 3 is 2.55 bits per heavy atom. The molecule has 3 aromatic carbocycles. The molecule has 0 fully saturated rings. The average Bonchev–Trinajstić information content (AvgIpc) is 3.22. The van der Waals surface area contributed by atoms with Crippen molar-refractivity contribution in [3.8, 4) is 0 Å². The lowest BCUT2D eigenvalue weighted by Crippen LogP contribution is -2.27. The van der Waals surface area contributed by atoms with Gasteiger partial charge in [0.05, 0.1) is 27.1 Å². The van der Waals surface area contributed by atoms with Gasteiger partial charge < -0.3 is 0 Å². The molecule has 0 N–H and O–H groups in total. The van der Waals surface area contributed by atoms with Crippen molar-refractivity contribution in [3.05, 3.63) is 88.6 Å². The summed E-state index contributed by atoms with van der Waals surface area (Å²) in [6, 6.07) is 19.4. The summed E-state index contributed by atoms with van der Waals surface area (Å²) in [7, 11) is -3.64. The quantitative estimate of drug-likeness (QED) is 0.229. The molecule has 33 heavy (non-hydrogen) atoms. The van der Waals surface area contributed by atoms with Gasteiger partial charge in [0.15, 0.2) is 9.84 Å². The highest BCUT2D eigenvalue weighted by molar-refractivity contribution is 9.10. The number of anilines is 1. The van der Waals surface area contributed by atoms with Crippen LogP contribution in [0.1, 0.15) is 12.0 Å². The molecule has 0 saturated carbocycles. The van der Waals surface area contributed by atoms with Crippen LogP contribution in [0.25, 0.3) is 10.2 Å². The Labute approximate surface area is 202 Å². The van der Waals surface area contributed by atoms with Crippen molar-refractivity contribution in [1.29, 1.82) is 0 Å². The number of halogens is 2. The van der Waals surface area contributed by atoms with Crippen LogP contribution in [0.3, 0.4) is 0 Å². The van der Waals surface area contributed by atoms with Crippen molar-refractivity contribution in [2.45, 2.75) is 11.3 Å². The third kappa shape index (κ3) is 5.70. The van der Waals surface area contributed by atoms with Crippen LogP contribution in [0, 0.1) is 5.82 Å². The van der Waals surface area contributed by atoms with Crippen LogP contribution in [0.2, 0.25) is 0 Å². The second-order valence-electron chi connectivity index (χ2n) is 6.99. The van der Waals surface area contributed by atoms with E-state index in [1.165, 1.54) is 36.5 Å². The number of hydrazone groups is 1. The SMILES string of the molecule is O=C(CCS(=O)(=O)c1ccccc1)N(/N=C/c1ccc(Br)cc1)c1nc2ccc(F)cc2s1. The molecule has 0 radical (unpaired) electrons. The Bertz CT molecular complexity index is 1420. The minimum absolute atomic E-state index is 0.151. The molecular formula is C23H17BrFN3O3S2. The van der Waals surface area contributed by atoms with Gasteiger partial charge in [0.2, 0.25) is 5.13 Å². The zero-order valence-electron chi connectivity index (χ0n) is 17.1. The van der Waals surface area contributed by atoms with Crippen molar-refractivity contribution >= 4 is 64.6 Å². The first kappa shape index (κ1) is 23.2. The molecule has 0 saturated heterocycles. The van der Waals surface area contributed by atoms with E-state index in [1.54, 1.807) is 18.2 Å². The third-order valence-corrected chi connectivity index (χ3v) is 7.89. The van der Waals surface area contributed by atoms with Gasteiger partial charge in [0.25, 0.3) is 5.91 Å². The molecule has 4 aromatic rings. The lowest BCUT2D eigenvalue weighted by atomic mass is 10.2. The van der Waals surface area contributed by atoms with Gasteiger partial charge in [0.1, 0.15) is 5.82 Å². The van der Waals surface area contributed by atoms with Crippen LogP contribution in [-0.4, -0.2) is 31.3 Å². The molecule has 1 amide bonds. The number of fused-ring (bicyclic) bond motifs is 1. The predicted molar refractivity (Wildman–Crippen MR) is 132 cm³/mol. The first-order chi connectivity index (χ1) is 15.8. The van der Waals surface area contributed by atoms with Crippen molar-refractivity contribution in [2.24, 2.45) is 5.10 Å². The Balaban J connectivity index is 1.62. The maximum absolute atomic E-state index is 13.6. The maximum atomic E-state index is 13.6. The van der Waals surface area contributed by atoms with Crippen LogP contribution < -0.4 is 5.01 Å². The van der Waals surface area contributed by atoms with Crippen molar-refractivity contribution < 1.29 is 17.6 Å². The zero-order valence-corrected chi connectivity index (χ0v) is 20.3. The molecule has 0 aliphatic rings. The van der Waals surface area contributed by atoms with E-state index >= 15 is 0 Å². The van der Waals surface area contributed by atoms with Gasteiger partial charge >= 0.3 is 0 Å². The smallest absolute Gasteiger partial charge is 0.250 e. The van der Waals surface area contributed by atoms with Crippen molar-refractivity contribution in [3.63, 3.8) is 0 Å². The predicted octanol–water partition coefficient (Wildman–Crippen LogP) is 5.43. The molecule has 6 nitrogen and oxygen atoms in total. The highest BCUT2D eigenvalue weighted by Gasteiger charge is 2.23. The summed E-state index contributed by atoms with van der Waals surface area (Å²) in [6.45, 7) is 0. The Hall–Kier alpha value is -2.95. The molecule has 0 aliphatic heterocycles. The zero-order chi connectivity index (χ0) is 23.4. The molecule has 10 heteroatoms. The van der Waals surface area contributed by atoms with Gasteiger partial charge in [-0.3, -0.25) is 4.79 Å². The number of benzene rings is 3. The van der Waals surface area contributed by atoms with Crippen molar-refractivity contribution in [1.82, 2.24) is 4.98 Å². The molecule has 0 bridgehead atoms. The second-order valence-corrected chi connectivity index (χ2v) is 11.0. The van der Waals surface area contributed by atoms with Gasteiger partial charge in [-0.1, -0.05) is 57.6 Å². The maximum Gasteiger partial charge on any atom is 0.250 e. The molecule has 1 heterocycles.